The first-order chi connectivity index (χ1) is 13.5. The Morgan fingerprint density at radius 1 is 1.29 bits per heavy atom. The number of carbonyl (C=O) groups excluding carboxylic acids is 1. The fourth-order valence-corrected chi connectivity index (χ4v) is 2.70. The second kappa shape index (κ2) is 8.67. The fourth-order valence-electron chi connectivity index (χ4n) is 2.50. The number of nitrogens with zero attached hydrogens (tertiary/aromatic N) is 2. The highest BCUT2D eigenvalue weighted by atomic mass is 35.5. The highest BCUT2D eigenvalue weighted by molar-refractivity contribution is 6.34. The molecule has 7 nitrogen and oxygen atoms in total. The monoisotopic (exact) mass is 400 g/mol. The predicted molar refractivity (Wildman–Crippen MR) is 106 cm³/mol. The number of halogens is 1. The molecule has 0 radical (unpaired) electrons. The Labute approximate surface area is 166 Å². The molecule has 0 unspecified atom stereocenters. The summed E-state index contributed by atoms with van der Waals surface area (Å²) < 4.78 is 10.8. The lowest BCUT2D eigenvalue weighted by Gasteiger charge is -2.05. The van der Waals surface area contributed by atoms with E-state index >= 15 is 0 Å². The average Bonchev–Trinajstić information content (AvgIpc) is 3.02. The molecule has 8 heteroatoms. The van der Waals surface area contributed by atoms with E-state index in [4.69, 9.17) is 21.1 Å². The van der Waals surface area contributed by atoms with Crippen LogP contribution in [-0.2, 0) is 9.53 Å². The Hall–Kier alpha value is -3.19. The third-order valence-electron chi connectivity index (χ3n) is 3.94. The summed E-state index contributed by atoms with van der Waals surface area (Å²) in [6.45, 7) is 2.70. The molecule has 0 spiro atoms. The summed E-state index contributed by atoms with van der Waals surface area (Å²) >= 11 is 6.09. The van der Waals surface area contributed by atoms with Gasteiger partial charge in [0.25, 0.3) is 5.69 Å². The van der Waals surface area contributed by atoms with Gasteiger partial charge >= 0.3 is 5.97 Å². The normalized spacial score (nSPS) is 14.7. The zero-order chi connectivity index (χ0) is 20.1. The van der Waals surface area contributed by atoms with Gasteiger partial charge in [-0.3, -0.25) is 10.1 Å². The van der Waals surface area contributed by atoms with Gasteiger partial charge in [-0.25, -0.2) is 9.79 Å². The van der Waals surface area contributed by atoms with E-state index in [9.17, 15) is 14.9 Å². The molecule has 1 aliphatic rings. The van der Waals surface area contributed by atoms with Crippen molar-refractivity contribution in [1.29, 1.82) is 0 Å². The van der Waals surface area contributed by atoms with Crippen molar-refractivity contribution in [1.82, 2.24) is 0 Å². The van der Waals surface area contributed by atoms with Crippen LogP contribution in [0.1, 0.15) is 30.9 Å². The number of rotatable bonds is 7. The molecular weight excluding hydrogens is 384 g/mol. The summed E-state index contributed by atoms with van der Waals surface area (Å²) in [6, 6.07) is 11.1. The number of hydrogen-bond acceptors (Lipinski definition) is 6. The minimum atomic E-state index is -0.658. The molecular formula is C20H17ClN2O5. The van der Waals surface area contributed by atoms with E-state index in [2.05, 4.69) is 11.9 Å². The van der Waals surface area contributed by atoms with Crippen LogP contribution in [0.3, 0.4) is 0 Å². The molecule has 0 aliphatic carbocycles. The molecule has 0 saturated carbocycles. The second-order valence-corrected chi connectivity index (χ2v) is 6.44. The van der Waals surface area contributed by atoms with Crippen LogP contribution in [0.25, 0.3) is 6.08 Å². The van der Waals surface area contributed by atoms with Gasteiger partial charge in [0.2, 0.25) is 5.90 Å². The number of esters is 1. The maximum absolute atomic E-state index is 12.2. The average molecular weight is 401 g/mol. The van der Waals surface area contributed by atoms with Gasteiger partial charge in [0.15, 0.2) is 5.70 Å². The second-order valence-electron chi connectivity index (χ2n) is 6.03. The molecule has 0 atom stereocenters. The van der Waals surface area contributed by atoms with Crippen molar-refractivity contribution in [2.45, 2.75) is 19.8 Å². The van der Waals surface area contributed by atoms with Crippen molar-refractivity contribution in [3.8, 4) is 5.75 Å². The van der Waals surface area contributed by atoms with Gasteiger partial charge in [-0.15, -0.1) is 0 Å². The SMILES string of the molecule is CCCCOc1cccc(C=C2N=C(c3cc([N+](=O)[O-])ccc3Cl)OC2=O)c1. The third-order valence-corrected chi connectivity index (χ3v) is 4.27. The van der Waals surface area contributed by atoms with Crippen LogP contribution in [0.5, 0.6) is 5.75 Å². The van der Waals surface area contributed by atoms with Crippen molar-refractivity contribution in [2.75, 3.05) is 6.61 Å². The molecule has 2 aromatic carbocycles. The largest absolute Gasteiger partial charge is 0.494 e. The number of carbonyl (C=O) groups is 1. The number of non-ortho nitro benzene ring substituents is 1. The van der Waals surface area contributed by atoms with E-state index in [1.165, 1.54) is 18.2 Å². The summed E-state index contributed by atoms with van der Waals surface area (Å²) in [5.74, 6) is -0.0322. The van der Waals surface area contributed by atoms with E-state index in [0.717, 1.165) is 18.4 Å². The topological polar surface area (TPSA) is 91.0 Å². The molecule has 1 aliphatic heterocycles. The molecule has 3 rings (SSSR count). The van der Waals surface area contributed by atoms with E-state index < -0.39 is 10.9 Å². The zero-order valence-corrected chi connectivity index (χ0v) is 15.8. The summed E-state index contributed by atoms with van der Waals surface area (Å²) in [5, 5.41) is 11.2. The molecule has 0 aromatic heterocycles. The Morgan fingerprint density at radius 2 is 2.11 bits per heavy atom. The van der Waals surface area contributed by atoms with Crippen molar-refractivity contribution >= 4 is 35.2 Å². The van der Waals surface area contributed by atoms with Crippen LogP contribution >= 0.6 is 11.6 Å². The van der Waals surface area contributed by atoms with Gasteiger partial charge in [-0.05, 0) is 36.3 Å². The Morgan fingerprint density at radius 3 is 2.86 bits per heavy atom. The number of cyclic esters (lactones) is 1. The third kappa shape index (κ3) is 4.55. The number of benzene rings is 2. The Balaban J connectivity index is 1.87. The fraction of sp³-hybridized carbons (Fsp3) is 0.200. The van der Waals surface area contributed by atoms with Crippen LogP contribution < -0.4 is 4.74 Å². The summed E-state index contributed by atoms with van der Waals surface area (Å²) in [5.41, 5.74) is 0.802. The quantitative estimate of drug-likeness (QED) is 0.219. The van der Waals surface area contributed by atoms with E-state index in [1.54, 1.807) is 18.2 Å². The Kier molecular flexibility index (Phi) is 6.06. The number of aliphatic imine (C=N–C) groups is 1. The molecule has 0 fully saturated rings. The standard InChI is InChI=1S/C20H17ClN2O5/c1-2-3-9-27-15-6-4-5-13(10-15)11-18-20(24)28-19(22-18)16-12-14(23(25)26)7-8-17(16)21/h4-8,10-12H,2-3,9H2,1H3. The first kappa shape index (κ1) is 19.6. The maximum Gasteiger partial charge on any atom is 0.363 e. The molecule has 1 heterocycles. The molecule has 0 bridgehead atoms. The number of unbranched alkanes of at least 4 members (excludes halogenated alkanes) is 1. The number of hydrogen-bond donors (Lipinski definition) is 0. The van der Waals surface area contributed by atoms with E-state index in [1.807, 2.05) is 12.1 Å². The molecule has 0 N–H and O–H groups in total. The molecule has 144 valence electrons. The smallest absolute Gasteiger partial charge is 0.363 e. The van der Waals surface area contributed by atoms with Crippen LogP contribution in [0.4, 0.5) is 5.69 Å². The first-order valence-corrected chi connectivity index (χ1v) is 9.05. The van der Waals surface area contributed by atoms with Crippen molar-refractivity contribution < 1.29 is 19.2 Å². The van der Waals surface area contributed by atoms with Gasteiger partial charge in [0.1, 0.15) is 5.75 Å². The Bertz CT molecular complexity index is 984. The summed E-state index contributed by atoms with van der Waals surface area (Å²) in [6.07, 6.45) is 3.55. The minimum Gasteiger partial charge on any atom is -0.494 e. The van der Waals surface area contributed by atoms with Gasteiger partial charge in [-0.1, -0.05) is 37.1 Å². The summed E-state index contributed by atoms with van der Waals surface area (Å²) in [7, 11) is 0. The first-order valence-electron chi connectivity index (χ1n) is 8.67. The number of nitro groups is 1. The van der Waals surface area contributed by atoms with E-state index in [0.29, 0.717) is 12.4 Å². The van der Waals surface area contributed by atoms with Crippen LogP contribution in [0, 0.1) is 10.1 Å². The van der Waals surface area contributed by atoms with Crippen molar-refractivity contribution in [2.24, 2.45) is 4.99 Å². The van der Waals surface area contributed by atoms with Crippen LogP contribution in [0.2, 0.25) is 5.02 Å². The molecule has 28 heavy (non-hydrogen) atoms. The summed E-state index contributed by atoms with van der Waals surface area (Å²) in [4.78, 5) is 26.7. The highest BCUT2D eigenvalue weighted by Crippen LogP contribution is 2.27. The van der Waals surface area contributed by atoms with Crippen molar-refractivity contribution in [3.63, 3.8) is 0 Å². The maximum atomic E-state index is 12.2. The van der Waals surface area contributed by atoms with Crippen LogP contribution in [-0.4, -0.2) is 23.4 Å². The van der Waals surface area contributed by atoms with Gasteiger partial charge < -0.3 is 9.47 Å². The number of nitro benzene ring substituents is 1. The molecule has 0 saturated heterocycles. The van der Waals surface area contributed by atoms with Gasteiger partial charge in [0.05, 0.1) is 22.1 Å². The van der Waals surface area contributed by atoms with Crippen LogP contribution in [0.15, 0.2) is 53.2 Å². The lowest BCUT2D eigenvalue weighted by molar-refractivity contribution is -0.384. The van der Waals surface area contributed by atoms with E-state index in [-0.39, 0.29) is 27.9 Å². The van der Waals surface area contributed by atoms with Crippen molar-refractivity contribution in [3.05, 3.63) is 74.4 Å². The lowest BCUT2D eigenvalue weighted by atomic mass is 10.2. The highest BCUT2D eigenvalue weighted by Gasteiger charge is 2.27. The zero-order valence-electron chi connectivity index (χ0n) is 15.1. The van der Waals surface area contributed by atoms with Gasteiger partial charge in [0, 0.05) is 12.1 Å². The number of ether oxygens (including phenoxy) is 2. The minimum absolute atomic E-state index is 0.0692. The molecule has 0 amide bonds. The van der Waals surface area contributed by atoms with Gasteiger partial charge in [-0.2, -0.15) is 0 Å². The predicted octanol–water partition coefficient (Wildman–Crippen LogP) is 4.77. The lowest BCUT2D eigenvalue weighted by Crippen LogP contribution is -2.06. The molecule has 2 aromatic rings.